The molecule has 0 aromatic rings. The van der Waals surface area contributed by atoms with Gasteiger partial charge in [-0.05, 0) is 55.9 Å². The van der Waals surface area contributed by atoms with Crippen LogP contribution < -0.4 is 0 Å². The maximum atomic E-state index is 12.1. The van der Waals surface area contributed by atoms with Crippen LogP contribution in [-0.4, -0.2) is 35.8 Å². The van der Waals surface area contributed by atoms with Crippen LogP contribution in [0, 0.1) is 23.7 Å². The molecule has 0 spiro atoms. The van der Waals surface area contributed by atoms with E-state index in [-0.39, 0.29) is 17.8 Å². The molecule has 0 radical (unpaired) electrons. The van der Waals surface area contributed by atoms with Crippen LogP contribution in [0.5, 0.6) is 0 Å². The Morgan fingerprint density at radius 3 is 2.58 bits per heavy atom. The van der Waals surface area contributed by atoms with E-state index >= 15 is 0 Å². The molecule has 0 aromatic carbocycles. The third-order valence-corrected chi connectivity index (χ3v) is 9.13. The molecule has 0 aromatic heterocycles. The lowest BCUT2D eigenvalue weighted by atomic mass is 9.66. The number of hydrogen-bond acceptors (Lipinski definition) is 5. The van der Waals surface area contributed by atoms with E-state index in [1.165, 1.54) is 43.5 Å². The summed E-state index contributed by atoms with van der Waals surface area (Å²) in [6.07, 6.45) is 6.54. The minimum absolute atomic E-state index is 0.0998. The van der Waals surface area contributed by atoms with Crippen molar-refractivity contribution in [1.82, 2.24) is 0 Å². The summed E-state index contributed by atoms with van der Waals surface area (Å²) in [5, 5.41) is 0. The molecule has 2 rings (SSSR count). The molecule has 1 saturated carbocycles. The zero-order valence-corrected chi connectivity index (χ0v) is 17.3. The average molecular weight is 373 g/mol. The Morgan fingerprint density at radius 1 is 1.33 bits per heavy atom. The zero-order chi connectivity index (χ0) is 17.7. The van der Waals surface area contributed by atoms with Gasteiger partial charge in [0.25, 0.3) is 0 Å². The molecular formula is C19H32O3S2. The molecule has 1 heterocycles. The van der Waals surface area contributed by atoms with Crippen LogP contribution in [0.4, 0.5) is 0 Å². The number of hydrogen-bond donors (Lipinski definition) is 0. The maximum absolute atomic E-state index is 12.1. The van der Waals surface area contributed by atoms with Gasteiger partial charge < -0.3 is 9.47 Å². The maximum Gasteiger partial charge on any atom is 0.308 e. The number of carbonyl (C=O) groups excluding carboxylic acids is 1. The Hall–Kier alpha value is -0.290. The summed E-state index contributed by atoms with van der Waals surface area (Å²) >= 11 is 4.21. The molecule has 0 N–H and O–H groups in total. The molecule has 2 aliphatic rings. The van der Waals surface area contributed by atoms with Gasteiger partial charge in [-0.1, -0.05) is 13.8 Å². The molecule has 4 atom stereocenters. The third kappa shape index (κ3) is 4.66. The van der Waals surface area contributed by atoms with Crippen LogP contribution >= 0.6 is 23.5 Å². The molecule has 1 saturated heterocycles. The first-order valence-electron chi connectivity index (χ1n) is 9.00. The van der Waals surface area contributed by atoms with Crippen molar-refractivity contribution in [1.29, 1.82) is 0 Å². The summed E-state index contributed by atoms with van der Waals surface area (Å²) in [7, 11) is 3.20. The lowest BCUT2D eigenvalue weighted by molar-refractivity contribution is -0.146. The Kier molecular flexibility index (Phi) is 7.41. The lowest BCUT2D eigenvalue weighted by Gasteiger charge is -2.40. The van der Waals surface area contributed by atoms with Crippen molar-refractivity contribution in [2.75, 3.05) is 25.7 Å². The highest BCUT2D eigenvalue weighted by molar-refractivity contribution is 8.21. The van der Waals surface area contributed by atoms with Crippen molar-refractivity contribution in [3.8, 4) is 0 Å². The SMILES string of the molecule is CO/C=C1\[C@@H](CCC2(C)SCCS2)[C@H](C)CC[C@H]1[C@@H](C)C(=O)OC. The van der Waals surface area contributed by atoms with E-state index in [1.807, 2.05) is 13.2 Å². The van der Waals surface area contributed by atoms with Crippen LogP contribution in [0.1, 0.15) is 46.5 Å². The van der Waals surface area contributed by atoms with E-state index < -0.39 is 0 Å². The van der Waals surface area contributed by atoms with Crippen molar-refractivity contribution in [3.05, 3.63) is 11.8 Å². The van der Waals surface area contributed by atoms with Crippen LogP contribution in [0.25, 0.3) is 0 Å². The van der Waals surface area contributed by atoms with Gasteiger partial charge in [0.05, 0.1) is 30.5 Å². The van der Waals surface area contributed by atoms with Gasteiger partial charge in [-0.25, -0.2) is 0 Å². The molecule has 2 fully saturated rings. The van der Waals surface area contributed by atoms with Crippen molar-refractivity contribution in [2.45, 2.75) is 50.5 Å². The Morgan fingerprint density at radius 2 is 2.00 bits per heavy atom. The minimum atomic E-state index is -0.107. The lowest BCUT2D eigenvalue weighted by Crippen LogP contribution is -2.34. The van der Waals surface area contributed by atoms with E-state index in [9.17, 15) is 4.79 Å². The largest absolute Gasteiger partial charge is 0.504 e. The summed E-state index contributed by atoms with van der Waals surface area (Å²) in [6.45, 7) is 6.73. The summed E-state index contributed by atoms with van der Waals surface area (Å²) in [4.78, 5) is 12.1. The smallest absolute Gasteiger partial charge is 0.308 e. The number of allylic oxidation sites excluding steroid dienone is 1. The van der Waals surface area contributed by atoms with Crippen LogP contribution in [0.15, 0.2) is 11.8 Å². The first kappa shape index (κ1) is 20.0. The number of carbonyl (C=O) groups is 1. The number of rotatable bonds is 6. The highest BCUT2D eigenvalue weighted by Gasteiger charge is 2.40. The first-order chi connectivity index (χ1) is 11.4. The summed E-state index contributed by atoms with van der Waals surface area (Å²) in [5.41, 5.74) is 1.32. The van der Waals surface area contributed by atoms with Crippen LogP contribution in [0.2, 0.25) is 0 Å². The molecule has 0 bridgehead atoms. The van der Waals surface area contributed by atoms with Gasteiger partial charge >= 0.3 is 5.97 Å². The Balaban J connectivity index is 2.13. The topological polar surface area (TPSA) is 35.5 Å². The molecule has 0 amide bonds. The van der Waals surface area contributed by atoms with Gasteiger partial charge in [0, 0.05) is 11.5 Å². The second-order valence-corrected chi connectivity index (χ2v) is 10.8. The van der Waals surface area contributed by atoms with Gasteiger partial charge in [-0.15, -0.1) is 23.5 Å². The van der Waals surface area contributed by atoms with E-state index in [0.717, 1.165) is 6.42 Å². The molecule has 0 unspecified atom stereocenters. The van der Waals surface area contributed by atoms with Gasteiger partial charge in [0.2, 0.25) is 0 Å². The van der Waals surface area contributed by atoms with Gasteiger partial charge in [0.1, 0.15) is 0 Å². The predicted octanol–water partition coefficient (Wildman–Crippen LogP) is 4.96. The highest BCUT2D eigenvalue weighted by Crippen LogP contribution is 2.50. The van der Waals surface area contributed by atoms with E-state index in [1.54, 1.807) is 7.11 Å². The number of ether oxygens (including phenoxy) is 2. The van der Waals surface area contributed by atoms with Crippen LogP contribution in [-0.2, 0) is 14.3 Å². The van der Waals surface area contributed by atoms with E-state index in [2.05, 4.69) is 37.4 Å². The van der Waals surface area contributed by atoms with Gasteiger partial charge in [0.15, 0.2) is 0 Å². The molecule has 1 aliphatic heterocycles. The number of thioether (sulfide) groups is 2. The second kappa shape index (κ2) is 8.88. The van der Waals surface area contributed by atoms with Crippen molar-refractivity contribution >= 4 is 29.5 Å². The molecule has 1 aliphatic carbocycles. The van der Waals surface area contributed by atoms with Crippen molar-refractivity contribution in [3.63, 3.8) is 0 Å². The zero-order valence-electron chi connectivity index (χ0n) is 15.7. The van der Waals surface area contributed by atoms with Gasteiger partial charge in [-0.3, -0.25) is 4.79 Å². The normalized spacial score (nSPS) is 32.5. The summed E-state index contributed by atoms with van der Waals surface area (Å²) in [6, 6.07) is 0. The monoisotopic (exact) mass is 372 g/mol. The standard InChI is InChI=1S/C19H32O3S2/c1-13-6-7-16(14(2)18(20)22-5)17(12-21-4)15(13)8-9-19(3)23-10-11-24-19/h12-16H,6-11H2,1-5H3/b17-12+/t13-,14-,15+,16+/m1/s1. The second-order valence-electron chi connectivity index (χ2n) is 7.30. The fraction of sp³-hybridized carbons (Fsp3) is 0.842. The molecule has 5 heteroatoms. The number of esters is 1. The Labute approximate surface area is 155 Å². The van der Waals surface area contributed by atoms with Gasteiger partial charge in [-0.2, -0.15) is 0 Å². The van der Waals surface area contributed by atoms with E-state index in [4.69, 9.17) is 9.47 Å². The molecule has 3 nitrogen and oxygen atoms in total. The first-order valence-corrected chi connectivity index (χ1v) is 11.0. The quantitative estimate of drug-likeness (QED) is 0.486. The summed E-state index contributed by atoms with van der Waals surface area (Å²) in [5.74, 6) is 3.73. The molecular weight excluding hydrogens is 340 g/mol. The fourth-order valence-electron chi connectivity index (χ4n) is 4.18. The van der Waals surface area contributed by atoms with E-state index in [0.29, 0.717) is 15.9 Å². The third-order valence-electron chi connectivity index (χ3n) is 5.71. The Bertz CT molecular complexity index is 458. The molecule has 138 valence electrons. The highest BCUT2D eigenvalue weighted by atomic mass is 32.2. The number of methoxy groups -OCH3 is 2. The predicted molar refractivity (Wildman–Crippen MR) is 104 cm³/mol. The summed E-state index contributed by atoms with van der Waals surface area (Å²) < 4.78 is 10.8. The molecule has 24 heavy (non-hydrogen) atoms. The van der Waals surface area contributed by atoms with Crippen LogP contribution in [0.3, 0.4) is 0 Å². The van der Waals surface area contributed by atoms with Crippen molar-refractivity contribution < 1.29 is 14.3 Å². The average Bonchev–Trinajstić information content (AvgIpc) is 3.00. The van der Waals surface area contributed by atoms with Crippen molar-refractivity contribution in [2.24, 2.45) is 23.7 Å². The minimum Gasteiger partial charge on any atom is -0.504 e. The fourth-order valence-corrected chi connectivity index (χ4v) is 7.07.